The Hall–Kier alpha value is -1.46. The highest BCUT2D eigenvalue weighted by Crippen LogP contribution is 2.29. The van der Waals surface area contributed by atoms with Crippen LogP contribution in [0.4, 0.5) is 0 Å². The predicted molar refractivity (Wildman–Crippen MR) is 68.3 cm³/mol. The summed E-state index contributed by atoms with van der Waals surface area (Å²) in [5.41, 5.74) is -0.253. The van der Waals surface area contributed by atoms with Crippen LogP contribution in [0.1, 0.15) is 12.5 Å². The zero-order chi connectivity index (χ0) is 13.2. The molecule has 0 saturated carbocycles. The molecule has 1 aromatic heterocycles. The summed E-state index contributed by atoms with van der Waals surface area (Å²) in [7, 11) is 2.06. The quantitative estimate of drug-likeness (QED) is 0.851. The van der Waals surface area contributed by atoms with E-state index in [9.17, 15) is 9.90 Å². The fourth-order valence-corrected chi connectivity index (χ4v) is 2.35. The smallest absolute Gasteiger partial charge is 0.328 e. The van der Waals surface area contributed by atoms with Crippen molar-refractivity contribution in [2.24, 2.45) is 0 Å². The number of carbonyl (C=O) groups is 1. The van der Waals surface area contributed by atoms with Crippen molar-refractivity contribution < 1.29 is 9.90 Å². The van der Waals surface area contributed by atoms with Crippen LogP contribution in [-0.2, 0) is 10.3 Å². The lowest BCUT2D eigenvalue weighted by atomic mass is 9.90. The lowest BCUT2D eigenvalue weighted by Crippen LogP contribution is -2.56. The molecule has 1 N–H and O–H groups in total. The number of rotatable bonds is 3. The molecule has 5 nitrogen and oxygen atoms in total. The Morgan fingerprint density at radius 3 is 2.56 bits per heavy atom. The number of hydrogen-bond acceptors (Lipinski definition) is 4. The second-order valence-corrected chi connectivity index (χ2v) is 4.91. The SMILES string of the molecule is CN1CCN(C(C)(C(=O)O)c2cccnc2)CC1. The average molecular weight is 249 g/mol. The van der Waals surface area contributed by atoms with E-state index in [1.807, 2.05) is 11.0 Å². The fraction of sp³-hybridized carbons (Fsp3) is 0.538. The Morgan fingerprint density at radius 2 is 2.06 bits per heavy atom. The van der Waals surface area contributed by atoms with Gasteiger partial charge in [-0.05, 0) is 20.0 Å². The Kier molecular flexibility index (Phi) is 3.63. The topological polar surface area (TPSA) is 56.7 Å². The highest BCUT2D eigenvalue weighted by atomic mass is 16.4. The summed E-state index contributed by atoms with van der Waals surface area (Å²) in [6.07, 6.45) is 3.31. The molecule has 1 unspecified atom stereocenters. The van der Waals surface area contributed by atoms with Crippen LogP contribution in [0.25, 0.3) is 0 Å². The molecule has 98 valence electrons. The molecule has 1 aliphatic heterocycles. The molecule has 0 bridgehead atoms. The minimum Gasteiger partial charge on any atom is -0.480 e. The standard InChI is InChI=1S/C13H19N3O2/c1-13(12(17)18,11-4-3-5-14-10-11)16-8-6-15(2)7-9-16/h3-5,10H,6-9H2,1-2H3,(H,17,18). The van der Waals surface area contributed by atoms with Crippen LogP contribution in [-0.4, -0.2) is 59.1 Å². The number of piperazine rings is 1. The lowest BCUT2D eigenvalue weighted by Gasteiger charge is -2.42. The molecule has 1 fully saturated rings. The number of aliphatic carboxylic acids is 1. The molecule has 18 heavy (non-hydrogen) atoms. The summed E-state index contributed by atoms with van der Waals surface area (Å²) in [6.45, 7) is 5.06. The molecule has 2 rings (SSSR count). The van der Waals surface area contributed by atoms with Gasteiger partial charge >= 0.3 is 5.97 Å². The molecule has 0 aromatic carbocycles. The number of likely N-dealkylation sites (N-methyl/N-ethyl adjacent to an activating group) is 1. The van der Waals surface area contributed by atoms with Gasteiger partial charge in [-0.25, -0.2) is 4.79 Å². The van der Waals surface area contributed by atoms with Crippen molar-refractivity contribution in [3.05, 3.63) is 30.1 Å². The number of hydrogen-bond donors (Lipinski definition) is 1. The average Bonchev–Trinajstić information content (AvgIpc) is 2.39. The summed E-state index contributed by atoms with van der Waals surface area (Å²) in [6, 6.07) is 3.62. The van der Waals surface area contributed by atoms with Gasteiger partial charge in [-0.2, -0.15) is 0 Å². The van der Waals surface area contributed by atoms with Crippen molar-refractivity contribution in [1.82, 2.24) is 14.8 Å². The van der Waals surface area contributed by atoms with E-state index < -0.39 is 11.5 Å². The van der Waals surface area contributed by atoms with Crippen molar-refractivity contribution in [1.29, 1.82) is 0 Å². The zero-order valence-corrected chi connectivity index (χ0v) is 10.8. The molecule has 0 radical (unpaired) electrons. The van der Waals surface area contributed by atoms with E-state index >= 15 is 0 Å². The van der Waals surface area contributed by atoms with E-state index in [1.165, 1.54) is 0 Å². The monoisotopic (exact) mass is 249 g/mol. The van der Waals surface area contributed by atoms with E-state index in [2.05, 4.69) is 16.9 Å². The van der Waals surface area contributed by atoms with Crippen LogP contribution >= 0.6 is 0 Å². The van der Waals surface area contributed by atoms with Crippen molar-refractivity contribution in [3.63, 3.8) is 0 Å². The Balaban J connectivity index is 2.30. The van der Waals surface area contributed by atoms with Crippen molar-refractivity contribution in [2.75, 3.05) is 33.2 Å². The van der Waals surface area contributed by atoms with Gasteiger partial charge in [-0.3, -0.25) is 9.88 Å². The van der Waals surface area contributed by atoms with Gasteiger partial charge < -0.3 is 10.0 Å². The van der Waals surface area contributed by atoms with Crippen LogP contribution in [0.3, 0.4) is 0 Å². The number of carboxylic acid groups (broad SMARTS) is 1. The third kappa shape index (κ3) is 2.23. The third-order valence-electron chi connectivity index (χ3n) is 3.78. The first-order chi connectivity index (χ1) is 8.55. The van der Waals surface area contributed by atoms with Gasteiger partial charge in [0.25, 0.3) is 0 Å². The minimum absolute atomic E-state index is 0.738. The molecule has 1 atom stereocenters. The number of nitrogens with zero attached hydrogens (tertiary/aromatic N) is 3. The second-order valence-electron chi connectivity index (χ2n) is 4.91. The normalized spacial score (nSPS) is 21.4. The summed E-state index contributed by atoms with van der Waals surface area (Å²) >= 11 is 0. The number of carboxylic acids is 1. The molecule has 5 heteroatoms. The van der Waals surface area contributed by atoms with Gasteiger partial charge in [0.2, 0.25) is 0 Å². The van der Waals surface area contributed by atoms with E-state index in [1.54, 1.807) is 25.4 Å². The lowest BCUT2D eigenvalue weighted by molar-refractivity contribution is -0.152. The first kappa shape index (κ1) is 13.0. The fourth-order valence-electron chi connectivity index (χ4n) is 2.35. The second kappa shape index (κ2) is 5.04. The largest absolute Gasteiger partial charge is 0.480 e. The highest BCUT2D eigenvalue weighted by molar-refractivity contribution is 5.80. The van der Waals surface area contributed by atoms with Gasteiger partial charge in [-0.1, -0.05) is 6.07 Å². The zero-order valence-electron chi connectivity index (χ0n) is 10.8. The van der Waals surface area contributed by atoms with E-state index in [0.29, 0.717) is 0 Å². The van der Waals surface area contributed by atoms with E-state index in [-0.39, 0.29) is 0 Å². The predicted octanol–water partition coefficient (Wildman–Crippen LogP) is 0.629. The maximum atomic E-state index is 11.7. The summed E-state index contributed by atoms with van der Waals surface area (Å²) in [4.78, 5) is 20.0. The third-order valence-corrected chi connectivity index (χ3v) is 3.78. The maximum Gasteiger partial charge on any atom is 0.328 e. The van der Waals surface area contributed by atoms with Crippen LogP contribution in [0.5, 0.6) is 0 Å². The molecule has 2 heterocycles. The van der Waals surface area contributed by atoms with Crippen molar-refractivity contribution in [2.45, 2.75) is 12.5 Å². The Labute approximate surface area is 107 Å². The van der Waals surface area contributed by atoms with Crippen LogP contribution in [0, 0.1) is 0 Å². The molecule has 0 amide bonds. The van der Waals surface area contributed by atoms with Gasteiger partial charge in [0.05, 0.1) is 0 Å². The molecule has 0 spiro atoms. The van der Waals surface area contributed by atoms with Gasteiger partial charge in [0.1, 0.15) is 5.54 Å². The Morgan fingerprint density at radius 1 is 1.39 bits per heavy atom. The molecule has 0 aliphatic carbocycles. The minimum atomic E-state index is -0.991. The van der Waals surface area contributed by atoms with E-state index in [0.717, 1.165) is 31.7 Å². The van der Waals surface area contributed by atoms with Crippen LogP contribution in [0.15, 0.2) is 24.5 Å². The Bertz CT molecular complexity index is 416. The summed E-state index contributed by atoms with van der Waals surface area (Å²) in [5, 5.41) is 9.62. The first-order valence-corrected chi connectivity index (χ1v) is 6.12. The van der Waals surface area contributed by atoms with Gasteiger partial charge in [0, 0.05) is 44.1 Å². The van der Waals surface area contributed by atoms with Crippen molar-refractivity contribution >= 4 is 5.97 Å². The van der Waals surface area contributed by atoms with Gasteiger partial charge in [-0.15, -0.1) is 0 Å². The van der Waals surface area contributed by atoms with Crippen LogP contribution in [0.2, 0.25) is 0 Å². The summed E-state index contributed by atoms with van der Waals surface area (Å²) in [5.74, 6) is -0.819. The number of aromatic nitrogens is 1. The summed E-state index contributed by atoms with van der Waals surface area (Å²) < 4.78 is 0. The molecule has 1 aromatic rings. The first-order valence-electron chi connectivity index (χ1n) is 6.12. The number of pyridine rings is 1. The molecular weight excluding hydrogens is 230 g/mol. The molecule has 1 aliphatic rings. The molecule has 1 saturated heterocycles. The maximum absolute atomic E-state index is 11.7. The van der Waals surface area contributed by atoms with Gasteiger partial charge in [0.15, 0.2) is 0 Å². The van der Waals surface area contributed by atoms with Crippen LogP contribution < -0.4 is 0 Å². The van der Waals surface area contributed by atoms with E-state index in [4.69, 9.17) is 0 Å². The van der Waals surface area contributed by atoms with Crippen molar-refractivity contribution in [3.8, 4) is 0 Å². The highest BCUT2D eigenvalue weighted by Gasteiger charge is 2.42. The molecular formula is C13H19N3O2.